The fourth-order valence-electron chi connectivity index (χ4n) is 2.80. The summed E-state index contributed by atoms with van der Waals surface area (Å²) in [4.78, 5) is 21.0. The third-order valence-electron chi connectivity index (χ3n) is 4.55. The normalized spacial score (nSPS) is 10.8. The molecule has 2 aromatic carbocycles. The van der Waals surface area contributed by atoms with Crippen LogP contribution in [0.15, 0.2) is 60.5 Å². The first-order chi connectivity index (χ1) is 13.6. The highest BCUT2D eigenvalue weighted by Crippen LogP contribution is 2.26. The van der Waals surface area contributed by atoms with Gasteiger partial charge < -0.3 is 0 Å². The standard InChI is InChI=1S/C21H19N5OS/c1-14-3-6-18(9-15(14)2)19-11-28-21(24-19)25-20(27)17-7-4-16(5-8-17)10-26-13-22-12-23-26/h3-9,11-13H,10H2,1-2H3,(H,24,25,27). The van der Waals surface area contributed by atoms with Crippen molar-refractivity contribution in [2.75, 3.05) is 5.32 Å². The van der Waals surface area contributed by atoms with E-state index in [1.54, 1.807) is 23.1 Å². The van der Waals surface area contributed by atoms with Gasteiger partial charge in [-0.2, -0.15) is 5.10 Å². The Morgan fingerprint density at radius 2 is 1.93 bits per heavy atom. The molecule has 4 rings (SSSR count). The van der Waals surface area contributed by atoms with Crippen LogP contribution in [-0.2, 0) is 6.54 Å². The first-order valence-corrected chi connectivity index (χ1v) is 9.72. The minimum Gasteiger partial charge on any atom is -0.298 e. The average Bonchev–Trinajstić information content (AvgIpc) is 3.37. The monoisotopic (exact) mass is 389 g/mol. The molecule has 0 spiro atoms. The molecule has 2 aromatic heterocycles. The Labute approximate surface area is 166 Å². The first kappa shape index (κ1) is 18.1. The van der Waals surface area contributed by atoms with Gasteiger partial charge in [-0.1, -0.05) is 24.3 Å². The highest BCUT2D eigenvalue weighted by atomic mass is 32.1. The van der Waals surface area contributed by atoms with E-state index in [9.17, 15) is 4.79 Å². The fourth-order valence-corrected chi connectivity index (χ4v) is 3.51. The Kier molecular flexibility index (Phi) is 4.99. The highest BCUT2D eigenvalue weighted by Gasteiger charge is 2.11. The molecule has 0 aliphatic carbocycles. The number of aryl methyl sites for hydroxylation is 2. The fraction of sp³-hybridized carbons (Fsp3) is 0.143. The minimum absolute atomic E-state index is 0.173. The molecule has 6 nitrogen and oxygen atoms in total. The van der Waals surface area contributed by atoms with Crippen LogP contribution >= 0.6 is 11.3 Å². The molecule has 0 radical (unpaired) electrons. The minimum atomic E-state index is -0.173. The molecule has 0 saturated heterocycles. The molecule has 0 aliphatic rings. The highest BCUT2D eigenvalue weighted by molar-refractivity contribution is 7.14. The summed E-state index contributed by atoms with van der Waals surface area (Å²) in [6, 6.07) is 13.7. The van der Waals surface area contributed by atoms with Crippen molar-refractivity contribution in [3.05, 3.63) is 82.8 Å². The van der Waals surface area contributed by atoms with Crippen molar-refractivity contribution >= 4 is 22.4 Å². The molecule has 0 unspecified atom stereocenters. The summed E-state index contributed by atoms with van der Waals surface area (Å²) in [7, 11) is 0. The number of hydrogen-bond acceptors (Lipinski definition) is 5. The molecule has 2 heterocycles. The van der Waals surface area contributed by atoms with Crippen LogP contribution in [0, 0.1) is 13.8 Å². The number of anilines is 1. The van der Waals surface area contributed by atoms with Crippen molar-refractivity contribution in [3.8, 4) is 11.3 Å². The van der Waals surface area contributed by atoms with Gasteiger partial charge >= 0.3 is 0 Å². The number of aromatic nitrogens is 4. The summed E-state index contributed by atoms with van der Waals surface area (Å²) in [5.74, 6) is -0.173. The predicted molar refractivity (Wildman–Crippen MR) is 111 cm³/mol. The maximum atomic E-state index is 12.5. The number of thiazole rings is 1. The molecule has 0 fully saturated rings. The summed E-state index contributed by atoms with van der Waals surface area (Å²) in [5.41, 5.74) is 6.03. The van der Waals surface area contributed by atoms with Crippen LogP contribution in [0.4, 0.5) is 5.13 Å². The van der Waals surface area contributed by atoms with Crippen LogP contribution < -0.4 is 5.32 Å². The number of benzene rings is 2. The van der Waals surface area contributed by atoms with Gasteiger partial charge in [-0.25, -0.2) is 14.6 Å². The molecule has 0 saturated carbocycles. The Hall–Kier alpha value is -3.32. The number of carbonyl (C=O) groups is 1. The van der Waals surface area contributed by atoms with E-state index < -0.39 is 0 Å². The summed E-state index contributed by atoms with van der Waals surface area (Å²) in [6.07, 6.45) is 3.16. The average molecular weight is 389 g/mol. The second-order valence-electron chi connectivity index (χ2n) is 6.58. The predicted octanol–water partition coefficient (Wildman–Crippen LogP) is 4.32. The molecule has 0 atom stereocenters. The maximum absolute atomic E-state index is 12.5. The maximum Gasteiger partial charge on any atom is 0.257 e. The molecular formula is C21H19N5OS. The molecule has 28 heavy (non-hydrogen) atoms. The summed E-state index contributed by atoms with van der Waals surface area (Å²) < 4.78 is 1.74. The largest absolute Gasteiger partial charge is 0.298 e. The van der Waals surface area contributed by atoms with Crippen LogP contribution in [0.5, 0.6) is 0 Å². The van der Waals surface area contributed by atoms with Gasteiger partial charge in [0.15, 0.2) is 5.13 Å². The number of amides is 1. The van der Waals surface area contributed by atoms with Crippen molar-refractivity contribution < 1.29 is 4.79 Å². The van der Waals surface area contributed by atoms with Gasteiger partial charge in [-0.3, -0.25) is 10.1 Å². The van der Waals surface area contributed by atoms with Crippen molar-refractivity contribution in [1.82, 2.24) is 19.7 Å². The van der Waals surface area contributed by atoms with Gasteiger partial charge in [0.25, 0.3) is 5.91 Å². The molecule has 0 aliphatic heterocycles. The molecule has 7 heteroatoms. The van der Waals surface area contributed by atoms with Gasteiger partial charge in [0.05, 0.1) is 12.2 Å². The van der Waals surface area contributed by atoms with Crippen LogP contribution in [0.2, 0.25) is 0 Å². The SMILES string of the molecule is Cc1ccc(-c2csc(NC(=O)c3ccc(Cn4cncn4)cc3)n2)cc1C. The lowest BCUT2D eigenvalue weighted by molar-refractivity contribution is 0.102. The number of nitrogens with one attached hydrogen (secondary N) is 1. The van der Waals surface area contributed by atoms with E-state index in [1.165, 1.54) is 28.8 Å². The van der Waals surface area contributed by atoms with Gasteiger partial charge in [0, 0.05) is 16.5 Å². The van der Waals surface area contributed by atoms with E-state index in [-0.39, 0.29) is 5.91 Å². The van der Waals surface area contributed by atoms with Crippen LogP contribution in [-0.4, -0.2) is 25.7 Å². The van der Waals surface area contributed by atoms with Gasteiger partial charge in [0.1, 0.15) is 12.7 Å². The lowest BCUT2D eigenvalue weighted by Crippen LogP contribution is -2.11. The molecule has 0 bridgehead atoms. The van der Waals surface area contributed by atoms with E-state index in [2.05, 4.69) is 52.4 Å². The second kappa shape index (κ2) is 7.74. The van der Waals surface area contributed by atoms with Crippen molar-refractivity contribution in [2.24, 2.45) is 0 Å². The van der Waals surface area contributed by atoms with Crippen molar-refractivity contribution in [1.29, 1.82) is 0 Å². The molecular weight excluding hydrogens is 370 g/mol. The van der Waals surface area contributed by atoms with E-state index in [0.717, 1.165) is 16.8 Å². The summed E-state index contributed by atoms with van der Waals surface area (Å²) >= 11 is 1.42. The Balaban J connectivity index is 1.43. The summed E-state index contributed by atoms with van der Waals surface area (Å²) in [5, 5.41) is 9.51. The number of rotatable bonds is 5. The van der Waals surface area contributed by atoms with Gasteiger partial charge in [0.2, 0.25) is 0 Å². The smallest absolute Gasteiger partial charge is 0.257 e. The second-order valence-corrected chi connectivity index (χ2v) is 7.44. The van der Waals surface area contributed by atoms with Gasteiger partial charge in [-0.05, 0) is 48.7 Å². The third kappa shape index (κ3) is 3.99. The van der Waals surface area contributed by atoms with Crippen molar-refractivity contribution in [2.45, 2.75) is 20.4 Å². The van der Waals surface area contributed by atoms with E-state index in [4.69, 9.17) is 0 Å². The zero-order valence-electron chi connectivity index (χ0n) is 15.6. The quantitative estimate of drug-likeness (QED) is 0.552. The lowest BCUT2D eigenvalue weighted by atomic mass is 10.1. The number of hydrogen-bond donors (Lipinski definition) is 1. The topological polar surface area (TPSA) is 72.7 Å². The first-order valence-electron chi connectivity index (χ1n) is 8.84. The van der Waals surface area contributed by atoms with Crippen LogP contribution in [0.25, 0.3) is 11.3 Å². The van der Waals surface area contributed by atoms with Crippen LogP contribution in [0.3, 0.4) is 0 Å². The van der Waals surface area contributed by atoms with Gasteiger partial charge in [-0.15, -0.1) is 11.3 Å². The van der Waals surface area contributed by atoms with E-state index in [0.29, 0.717) is 17.2 Å². The molecule has 1 amide bonds. The Bertz CT molecular complexity index is 1100. The Morgan fingerprint density at radius 1 is 1.11 bits per heavy atom. The number of carbonyl (C=O) groups excluding carboxylic acids is 1. The zero-order valence-corrected chi connectivity index (χ0v) is 16.4. The molecule has 4 aromatic rings. The Morgan fingerprint density at radius 3 is 2.64 bits per heavy atom. The van der Waals surface area contributed by atoms with Crippen LogP contribution in [0.1, 0.15) is 27.0 Å². The lowest BCUT2D eigenvalue weighted by Gasteiger charge is -2.05. The van der Waals surface area contributed by atoms with E-state index in [1.807, 2.05) is 17.5 Å². The number of nitrogens with zero attached hydrogens (tertiary/aromatic N) is 4. The molecule has 140 valence electrons. The third-order valence-corrected chi connectivity index (χ3v) is 5.31. The van der Waals surface area contributed by atoms with E-state index >= 15 is 0 Å². The summed E-state index contributed by atoms with van der Waals surface area (Å²) in [6.45, 7) is 4.79. The van der Waals surface area contributed by atoms with Crippen molar-refractivity contribution in [3.63, 3.8) is 0 Å². The molecule has 1 N–H and O–H groups in total. The zero-order chi connectivity index (χ0) is 19.5.